The first-order valence-electron chi connectivity index (χ1n) is 8.74. The summed E-state index contributed by atoms with van der Waals surface area (Å²) in [7, 11) is 0. The Hall–Kier alpha value is -2.38. The quantitative estimate of drug-likeness (QED) is 0.710. The molecule has 146 valence electrons. The van der Waals surface area contributed by atoms with Gasteiger partial charge in [-0.2, -0.15) is 18.2 Å². The van der Waals surface area contributed by atoms with E-state index in [-0.39, 0.29) is 11.6 Å². The highest BCUT2D eigenvalue weighted by atomic mass is 19.4. The monoisotopic (exact) mass is 384 g/mol. The fourth-order valence-corrected chi connectivity index (χ4v) is 2.96. The highest BCUT2D eigenvalue weighted by molar-refractivity contribution is 5.95. The Labute approximate surface area is 153 Å². The third-order valence-corrected chi connectivity index (χ3v) is 4.59. The maximum absolute atomic E-state index is 14.2. The number of hydrogen-bond donors (Lipinski definition) is 0. The van der Waals surface area contributed by atoms with Crippen LogP contribution in [0.3, 0.4) is 0 Å². The SMILES string of the molecule is Cc1c(C(C)C)o/c(=N\C(=O)c2cccc(C(F)(F)F)c2F)n1CC1CC1. The minimum Gasteiger partial charge on any atom is -0.428 e. The van der Waals surface area contributed by atoms with Crippen molar-refractivity contribution in [3.05, 3.63) is 52.3 Å². The van der Waals surface area contributed by atoms with E-state index in [9.17, 15) is 22.4 Å². The number of nitrogens with zero attached hydrogens (tertiary/aromatic N) is 2. The van der Waals surface area contributed by atoms with E-state index in [0.29, 0.717) is 24.3 Å². The van der Waals surface area contributed by atoms with Gasteiger partial charge in [-0.1, -0.05) is 19.9 Å². The predicted molar refractivity (Wildman–Crippen MR) is 89.5 cm³/mol. The Balaban J connectivity index is 2.07. The fraction of sp³-hybridized carbons (Fsp3) is 0.474. The van der Waals surface area contributed by atoms with Crippen molar-refractivity contribution in [3.8, 4) is 0 Å². The third kappa shape index (κ3) is 3.99. The van der Waals surface area contributed by atoms with Crippen LogP contribution in [-0.2, 0) is 12.7 Å². The molecule has 0 unspecified atom stereocenters. The van der Waals surface area contributed by atoms with Gasteiger partial charge in [0.2, 0.25) is 0 Å². The number of aromatic nitrogens is 1. The summed E-state index contributed by atoms with van der Waals surface area (Å²) in [5.41, 5.74) is -1.42. The van der Waals surface area contributed by atoms with Crippen LogP contribution in [0.2, 0.25) is 0 Å². The van der Waals surface area contributed by atoms with E-state index < -0.39 is 29.0 Å². The number of hydrogen-bond acceptors (Lipinski definition) is 2. The molecule has 1 aromatic carbocycles. The van der Waals surface area contributed by atoms with Gasteiger partial charge in [0.1, 0.15) is 11.6 Å². The van der Waals surface area contributed by atoms with Gasteiger partial charge in [-0.3, -0.25) is 9.36 Å². The molecule has 8 heteroatoms. The lowest BCUT2D eigenvalue weighted by Crippen LogP contribution is -2.21. The van der Waals surface area contributed by atoms with Crippen LogP contribution in [0.25, 0.3) is 0 Å². The van der Waals surface area contributed by atoms with Crippen molar-refractivity contribution in [1.82, 2.24) is 4.57 Å². The number of benzene rings is 1. The second-order valence-electron chi connectivity index (χ2n) is 7.12. The smallest absolute Gasteiger partial charge is 0.419 e. The van der Waals surface area contributed by atoms with Crippen LogP contribution < -0.4 is 5.68 Å². The maximum atomic E-state index is 14.2. The molecule has 0 aliphatic heterocycles. The Kier molecular flexibility index (Phi) is 5.01. The Morgan fingerprint density at radius 1 is 1.33 bits per heavy atom. The van der Waals surface area contributed by atoms with Gasteiger partial charge in [0.25, 0.3) is 5.91 Å². The number of rotatable bonds is 4. The van der Waals surface area contributed by atoms with Crippen molar-refractivity contribution in [2.45, 2.75) is 52.3 Å². The summed E-state index contributed by atoms with van der Waals surface area (Å²) in [6.07, 6.45) is -2.77. The molecule has 1 aliphatic carbocycles. The van der Waals surface area contributed by atoms with E-state index in [1.54, 1.807) is 4.57 Å². The molecule has 0 N–H and O–H groups in total. The summed E-state index contributed by atoms with van der Waals surface area (Å²) in [6.45, 7) is 6.30. The van der Waals surface area contributed by atoms with Crippen LogP contribution >= 0.6 is 0 Å². The molecule has 1 aliphatic rings. The van der Waals surface area contributed by atoms with E-state index in [4.69, 9.17) is 4.42 Å². The number of carbonyl (C=O) groups is 1. The van der Waals surface area contributed by atoms with Gasteiger partial charge in [0.05, 0.1) is 16.8 Å². The number of carbonyl (C=O) groups excluding carboxylic acids is 1. The molecule has 1 heterocycles. The summed E-state index contributed by atoms with van der Waals surface area (Å²) < 4.78 is 60.3. The molecule has 27 heavy (non-hydrogen) atoms. The molecule has 0 bridgehead atoms. The average Bonchev–Trinajstić information content (AvgIpc) is 3.33. The molecular formula is C19H20F4N2O2. The summed E-state index contributed by atoms with van der Waals surface area (Å²) in [5.74, 6) is -1.58. The minimum absolute atomic E-state index is 0.00934. The first-order chi connectivity index (χ1) is 12.6. The van der Waals surface area contributed by atoms with Crippen LogP contribution in [0.4, 0.5) is 17.6 Å². The first kappa shape index (κ1) is 19.4. The van der Waals surface area contributed by atoms with Gasteiger partial charge in [-0.05, 0) is 37.8 Å². The fourth-order valence-electron chi connectivity index (χ4n) is 2.96. The molecule has 3 rings (SSSR count). The lowest BCUT2D eigenvalue weighted by molar-refractivity contribution is -0.140. The lowest BCUT2D eigenvalue weighted by Gasteiger charge is -2.09. The van der Waals surface area contributed by atoms with Crippen molar-refractivity contribution in [2.24, 2.45) is 10.9 Å². The molecule has 1 aromatic heterocycles. The Bertz CT molecular complexity index is 934. The van der Waals surface area contributed by atoms with Crippen molar-refractivity contribution in [1.29, 1.82) is 0 Å². The topological polar surface area (TPSA) is 47.5 Å². The molecule has 1 saturated carbocycles. The van der Waals surface area contributed by atoms with Gasteiger partial charge in [-0.15, -0.1) is 0 Å². The molecule has 1 fully saturated rings. The van der Waals surface area contributed by atoms with Crippen molar-refractivity contribution < 1.29 is 26.8 Å². The first-order valence-corrected chi connectivity index (χ1v) is 8.74. The van der Waals surface area contributed by atoms with Crippen molar-refractivity contribution in [2.75, 3.05) is 0 Å². The van der Waals surface area contributed by atoms with Crippen LogP contribution in [0.5, 0.6) is 0 Å². The van der Waals surface area contributed by atoms with Crippen LogP contribution in [0.15, 0.2) is 27.6 Å². The molecule has 4 nitrogen and oxygen atoms in total. The highest BCUT2D eigenvalue weighted by Gasteiger charge is 2.35. The maximum Gasteiger partial charge on any atom is 0.419 e. The second kappa shape index (κ2) is 6.98. The van der Waals surface area contributed by atoms with E-state index in [0.717, 1.165) is 30.7 Å². The zero-order valence-corrected chi connectivity index (χ0v) is 15.2. The standard InChI is InChI=1S/C19H20F4N2O2/c1-10(2)16-11(3)25(9-12-7-8-12)18(27-16)24-17(26)13-5-4-6-14(15(13)20)19(21,22)23/h4-6,10,12H,7-9H2,1-3H3/b24-18-. The third-order valence-electron chi connectivity index (χ3n) is 4.59. The van der Waals surface area contributed by atoms with Crippen LogP contribution in [0.1, 0.15) is 60.0 Å². The molecule has 0 spiro atoms. The van der Waals surface area contributed by atoms with E-state index in [2.05, 4.69) is 4.99 Å². The Morgan fingerprint density at radius 2 is 2.00 bits per heavy atom. The largest absolute Gasteiger partial charge is 0.428 e. The zero-order chi connectivity index (χ0) is 19.9. The molecule has 2 aromatic rings. The van der Waals surface area contributed by atoms with Gasteiger partial charge in [-0.25, -0.2) is 4.39 Å². The van der Waals surface area contributed by atoms with Crippen molar-refractivity contribution in [3.63, 3.8) is 0 Å². The summed E-state index contributed by atoms with van der Waals surface area (Å²) in [5, 5.41) is 0. The predicted octanol–water partition coefficient (Wildman–Crippen LogP) is 4.82. The van der Waals surface area contributed by atoms with Gasteiger partial charge < -0.3 is 4.42 Å². The zero-order valence-electron chi connectivity index (χ0n) is 15.2. The molecule has 0 radical (unpaired) electrons. The van der Waals surface area contributed by atoms with Crippen molar-refractivity contribution >= 4 is 5.91 Å². The summed E-state index contributed by atoms with van der Waals surface area (Å²) >= 11 is 0. The normalized spacial score (nSPS) is 15.6. The molecule has 0 saturated heterocycles. The molecule has 1 amide bonds. The summed E-state index contributed by atoms with van der Waals surface area (Å²) in [6, 6.07) is 2.56. The average molecular weight is 384 g/mol. The second-order valence-corrected chi connectivity index (χ2v) is 7.12. The number of alkyl halides is 3. The number of amides is 1. The number of halogens is 4. The highest BCUT2D eigenvalue weighted by Crippen LogP contribution is 2.33. The molecule has 0 atom stereocenters. The summed E-state index contributed by atoms with van der Waals surface area (Å²) in [4.78, 5) is 16.2. The van der Waals surface area contributed by atoms with Gasteiger partial charge >= 0.3 is 11.9 Å². The van der Waals surface area contributed by atoms with E-state index in [1.165, 1.54) is 0 Å². The van der Waals surface area contributed by atoms with E-state index in [1.807, 2.05) is 20.8 Å². The lowest BCUT2D eigenvalue weighted by atomic mass is 10.1. The van der Waals surface area contributed by atoms with E-state index >= 15 is 0 Å². The molecular weight excluding hydrogens is 364 g/mol. The number of oxazole rings is 1. The Morgan fingerprint density at radius 3 is 2.56 bits per heavy atom. The van der Waals surface area contributed by atoms with Crippen LogP contribution in [0, 0.1) is 18.7 Å². The van der Waals surface area contributed by atoms with Gasteiger partial charge in [0, 0.05) is 12.5 Å². The minimum atomic E-state index is -4.89. The van der Waals surface area contributed by atoms with Crippen LogP contribution in [-0.4, -0.2) is 10.5 Å². The van der Waals surface area contributed by atoms with Gasteiger partial charge in [0.15, 0.2) is 0 Å².